The van der Waals surface area contributed by atoms with Crippen molar-refractivity contribution >= 4 is 33.2 Å². The molecular weight excluding hydrogens is 460 g/mol. The predicted molar refractivity (Wildman–Crippen MR) is 132 cm³/mol. The lowest BCUT2D eigenvalue weighted by Crippen LogP contribution is -2.42. The lowest BCUT2D eigenvalue weighted by Gasteiger charge is -2.24. The van der Waals surface area contributed by atoms with Gasteiger partial charge in [-0.2, -0.15) is 0 Å². The van der Waals surface area contributed by atoms with E-state index in [1.807, 2.05) is 45.0 Å². The average molecular weight is 487 g/mol. The van der Waals surface area contributed by atoms with Crippen molar-refractivity contribution in [1.82, 2.24) is 5.32 Å². The minimum atomic E-state index is -3.98. The molecular formula is C25H27ClN2O4S. The highest BCUT2D eigenvalue weighted by molar-refractivity contribution is 7.92. The fourth-order valence-electron chi connectivity index (χ4n) is 3.18. The normalized spacial score (nSPS) is 11.2. The van der Waals surface area contributed by atoms with E-state index in [0.717, 1.165) is 21.2 Å². The zero-order chi connectivity index (χ0) is 24.0. The SMILES string of the molecule is Cc1cccc(N(CC(=O)NCCOc2ccc(C)c(C)c2)S(=O)(=O)c2ccc(Cl)cc2)c1. The molecule has 0 bridgehead atoms. The summed E-state index contributed by atoms with van der Waals surface area (Å²) in [5.41, 5.74) is 3.59. The van der Waals surface area contributed by atoms with Crippen LogP contribution in [0.25, 0.3) is 0 Å². The molecule has 0 aliphatic rings. The molecule has 0 saturated heterocycles. The maximum atomic E-state index is 13.3. The molecule has 0 aliphatic heterocycles. The zero-order valence-electron chi connectivity index (χ0n) is 18.8. The van der Waals surface area contributed by atoms with Crippen molar-refractivity contribution in [3.8, 4) is 5.75 Å². The molecule has 3 aromatic carbocycles. The van der Waals surface area contributed by atoms with Crippen LogP contribution in [0.1, 0.15) is 16.7 Å². The molecule has 1 amide bonds. The van der Waals surface area contributed by atoms with Gasteiger partial charge in [0, 0.05) is 5.02 Å². The second-order valence-corrected chi connectivity index (χ2v) is 10.0. The van der Waals surface area contributed by atoms with Crippen LogP contribution in [0.4, 0.5) is 5.69 Å². The number of rotatable bonds is 9. The minimum absolute atomic E-state index is 0.0549. The van der Waals surface area contributed by atoms with Crippen LogP contribution in [0.5, 0.6) is 5.75 Å². The van der Waals surface area contributed by atoms with Crippen molar-refractivity contribution in [1.29, 1.82) is 0 Å². The number of carbonyl (C=O) groups is 1. The molecule has 6 nitrogen and oxygen atoms in total. The first-order valence-electron chi connectivity index (χ1n) is 10.5. The summed E-state index contributed by atoms with van der Waals surface area (Å²) in [6.07, 6.45) is 0. The second-order valence-electron chi connectivity index (χ2n) is 7.75. The Morgan fingerprint density at radius 2 is 1.70 bits per heavy atom. The summed E-state index contributed by atoms with van der Waals surface area (Å²) in [7, 11) is -3.98. The molecule has 0 aromatic heterocycles. The Kier molecular flexibility index (Phi) is 8.00. The van der Waals surface area contributed by atoms with E-state index in [-0.39, 0.29) is 24.6 Å². The summed E-state index contributed by atoms with van der Waals surface area (Å²) in [4.78, 5) is 12.7. The molecule has 1 N–H and O–H groups in total. The largest absolute Gasteiger partial charge is 0.492 e. The monoisotopic (exact) mass is 486 g/mol. The molecule has 0 unspecified atom stereocenters. The molecule has 0 aliphatic carbocycles. The predicted octanol–water partition coefficient (Wildman–Crippen LogP) is 4.66. The van der Waals surface area contributed by atoms with Crippen molar-refractivity contribution in [2.24, 2.45) is 0 Å². The van der Waals surface area contributed by atoms with Gasteiger partial charge in [-0.1, -0.05) is 29.8 Å². The van der Waals surface area contributed by atoms with Gasteiger partial charge in [-0.25, -0.2) is 8.42 Å². The van der Waals surface area contributed by atoms with E-state index >= 15 is 0 Å². The molecule has 0 fully saturated rings. The molecule has 3 aromatic rings. The van der Waals surface area contributed by atoms with Crippen molar-refractivity contribution in [3.05, 3.63) is 88.4 Å². The van der Waals surface area contributed by atoms with Crippen LogP contribution in [-0.4, -0.2) is 34.0 Å². The van der Waals surface area contributed by atoms with Gasteiger partial charge in [0.1, 0.15) is 18.9 Å². The summed E-state index contributed by atoms with van der Waals surface area (Å²) in [5, 5.41) is 3.16. The number of nitrogens with zero attached hydrogens (tertiary/aromatic N) is 1. The van der Waals surface area contributed by atoms with Gasteiger partial charge >= 0.3 is 0 Å². The molecule has 33 heavy (non-hydrogen) atoms. The van der Waals surface area contributed by atoms with Crippen LogP contribution in [0.2, 0.25) is 5.02 Å². The van der Waals surface area contributed by atoms with Crippen molar-refractivity contribution in [2.45, 2.75) is 25.7 Å². The van der Waals surface area contributed by atoms with Crippen LogP contribution >= 0.6 is 11.6 Å². The number of aryl methyl sites for hydroxylation is 3. The number of amides is 1. The van der Waals surface area contributed by atoms with E-state index in [2.05, 4.69) is 5.32 Å². The molecule has 3 rings (SSSR count). The first-order valence-corrected chi connectivity index (χ1v) is 12.3. The van der Waals surface area contributed by atoms with Crippen LogP contribution in [0.3, 0.4) is 0 Å². The van der Waals surface area contributed by atoms with Gasteiger partial charge in [0.05, 0.1) is 17.1 Å². The van der Waals surface area contributed by atoms with E-state index in [0.29, 0.717) is 10.7 Å². The first kappa shape index (κ1) is 24.6. The molecule has 0 spiro atoms. The number of ether oxygens (including phenoxy) is 1. The van der Waals surface area contributed by atoms with Crippen LogP contribution in [0.15, 0.2) is 71.6 Å². The quantitative estimate of drug-likeness (QED) is 0.446. The van der Waals surface area contributed by atoms with Gasteiger partial charge in [-0.05, 0) is 86.0 Å². The Labute approximate surface area is 200 Å². The fraction of sp³-hybridized carbons (Fsp3) is 0.240. The smallest absolute Gasteiger partial charge is 0.264 e. The van der Waals surface area contributed by atoms with Crippen LogP contribution in [0, 0.1) is 20.8 Å². The van der Waals surface area contributed by atoms with Crippen molar-refractivity contribution in [2.75, 3.05) is 24.0 Å². The number of nitrogens with one attached hydrogen (secondary N) is 1. The zero-order valence-corrected chi connectivity index (χ0v) is 20.4. The van der Waals surface area contributed by atoms with Gasteiger partial charge in [-0.3, -0.25) is 9.10 Å². The maximum absolute atomic E-state index is 13.3. The van der Waals surface area contributed by atoms with Gasteiger partial charge < -0.3 is 10.1 Å². The number of anilines is 1. The van der Waals surface area contributed by atoms with Crippen LogP contribution < -0.4 is 14.4 Å². The van der Waals surface area contributed by atoms with E-state index in [1.54, 1.807) is 18.2 Å². The van der Waals surface area contributed by atoms with Crippen LogP contribution in [-0.2, 0) is 14.8 Å². The van der Waals surface area contributed by atoms with E-state index in [9.17, 15) is 13.2 Å². The van der Waals surface area contributed by atoms with Crippen molar-refractivity contribution < 1.29 is 17.9 Å². The minimum Gasteiger partial charge on any atom is -0.492 e. The first-order chi connectivity index (χ1) is 15.7. The summed E-state index contributed by atoms with van der Waals surface area (Å²) < 4.78 is 33.5. The summed E-state index contributed by atoms with van der Waals surface area (Å²) in [6.45, 7) is 6.04. The molecule has 8 heteroatoms. The highest BCUT2D eigenvalue weighted by Crippen LogP contribution is 2.25. The number of hydrogen-bond acceptors (Lipinski definition) is 4. The number of sulfonamides is 1. The second kappa shape index (κ2) is 10.7. The Hall–Kier alpha value is -3.03. The lowest BCUT2D eigenvalue weighted by molar-refractivity contribution is -0.119. The van der Waals surface area contributed by atoms with E-state index in [1.165, 1.54) is 29.8 Å². The standard InChI is InChI=1S/C25H27ClN2O4S/c1-18-5-4-6-22(15-18)28(33(30,31)24-11-8-21(26)9-12-24)17-25(29)27-13-14-32-23-10-7-19(2)20(3)16-23/h4-12,15-16H,13-14,17H2,1-3H3,(H,27,29). The van der Waals surface area contributed by atoms with Gasteiger partial charge in [0.15, 0.2) is 0 Å². The molecule has 0 atom stereocenters. The highest BCUT2D eigenvalue weighted by atomic mass is 35.5. The maximum Gasteiger partial charge on any atom is 0.264 e. The third-order valence-electron chi connectivity index (χ3n) is 5.15. The van der Waals surface area contributed by atoms with Crippen molar-refractivity contribution in [3.63, 3.8) is 0 Å². The Morgan fingerprint density at radius 1 is 0.970 bits per heavy atom. The van der Waals surface area contributed by atoms with E-state index < -0.39 is 15.9 Å². The summed E-state index contributed by atoms with van der Waals surface area (Å²) >= 11 is 5.91. The number of halogens is 1. The summed E-state index contributed by atoms with van der Waals surface area (Å²) in [6, 6.07) is 18.7. The Bertz CT molecular complexity index is 1230. The fourth-order valence-corrected chi connectivity index (χ4v) is 4.72. The molecule has 0 saturated carbocycles. The van der Waals surface area contributed by atoms with Gasteiger partial charge in [0.2, 0.25) is 5.91 Å². The number of hydrogen-bond donors (Lipinski definition) is 1. The van der Waals surface area contributed by atoms with Gasteiger partial charge in [0.25, 0.3) is 10.0 Å². The Morgan fingerprint density at radius 3 is 2.36 bits per heavy atom. The summed E-state index contributed by atoms with van der Waals surface area (Å²) in [5.74, 6) is 0.289. The molecule has 0 heterocycles. The third kappa shape index (κ3) is 6.49. The lowest BCUT2D eigenvalue weighted by atomic mass is 10.1. The molecule has 0 radical (unpaired) electrons. The number of benzene rings is 3. The topological polar surface area (TPSA) is 75.7 Å². The average Bonchev–Trinajstić information content (AvgIpc) is 2.77. The highest BCUT2D eigenvalue weighted by Gasteiger charge is 2.27. The molecule has 174 valence electrons. The third-order valence-corrected chi connectivity index (χ3v) is 7.19. The number of carbonyl (C=O) groups excluding carboxylic acids is 1. The van der Waals surface area contributed by atoms with E-state index in [4.69, 9.17) is 16.3 Å². The van der Waals surface area contributed by atoms with Gasteiger partial charge in [-0.15, -0.1) is 0 Å². The Balaban J connectivity index is 1.70.